The molecule has 0 spiro atoms. The lowest BCUT2D eigenvalue weighted by molar-refractivity contribution is -0.127. The van der Waals surface area contributed by atoms with Crippen LogP contribution < -0.4 is 11.1 Å². The summed E-state index contributed by atoms with van der Waals surface area (Å²) in [5.74, 6) is 2.16. The summed E-state index contributed by atoms with van der Waals surface area (Å²) < 4.78 is 0. The molecule has 2 bridgehead atoms. The maximum Gasteiger partial charge on any atom is 0.223 e. The van der Waals surface area contributed by atoms with Crippen molar-refractivity contribution < 1.29 is 4.79 Å². The van der Waals surface area contributed by atoms with Gasteiger partial charge in [0.2, 0.25) is 5.91 Å². The van der Waals surface area contributed by atoms with E-state index in [-0.39, 0.29) is 6.04 Å². The third-order valence-electron chi connectivity index (χ3n) is 4.30. The molecule has 0 radical (unpaired) electrons. The predicted molar refractivity (Wildman–Crippen MR) is 64.8 cm³/mol. The SMILES string of the molecule is CC(CCCN)NC(=O)C1CC2CCC1C2. The second-order valence-corrected chi connectivity index (χ2v) is 5.62. The molecule has 2 aliphatic rings. The fraction of sp³-hybridized carbons (Fsp3) is 0.923. The largest absolute Gasteiger partial charge is 0.353 e. The zero-order valence-corrected chi connectivity index (χ0v) is 10.2. The molecule has 92 valence electrons. The van der Waals surface area contributed by atoms with Crippen molar-refractivity contribution in [3.63, 3.8) is 0 Å². The number of carbonyl (C=O) groups is 1. The summed E-state index contributed by atoms with van der Waals surface area (Å²) in [6.07, 6.45) is 7.08. The van der Waals surface area contributed by atoms with E-state index in [9.17, 15) is 4.79 Å². The smallest absolute Gasteiger partial charge is 0.223 e. The molecule has 0 aliphatic heterocycles. The lowest BCUT2D eigenvalue weighted by atomic mass is 9.88. The van der Waals surface area contributed by atoms with Gasteiger partial charge in [0.1, 0.15) is 0 Å². The van der Waals surface area contributed by atoms with E-state index in [0.717, 1.165) is 25.2 Å². The van der Waals surface area contributed by atoms with Crippen LogP contribution in [-0.4, -0.2) is 18.5 Å². The average molecular weight is 224 g/mol. The fourth-order valence-corrected chi connectivity index (χ4v) is 3.41. The van der Waals surface area contributed by atoms with Crippen molar-refractivity contribution in [3.8, 4) is 0 Å². The standard InChI is InChI=1S/C13H24N2O/c1-9(3-2-6-14)15-13(16)12-8-10-4-5-11(12)7-10/h9-12H,2-8,14H2,1H3,(H,15,16). The summed E-state index contributed by atoms with van der Waals surface area (Å²) in [5.41, 5.74) is 5.47. The Hall–Kier alpha value is -0.570. The summed E-state index contributed by atoms with van der Waals surface area (Å²) in [4.78, 5) is 12.1. The van der Waals surface area contributed by atoms with Crippen molar-refractivity contribution in [2.75, 3.05) is 6.54 Å². The Bertz CT molecular complexity index is 254. The second-order valence-electron chi connectivity index (χ2n) is 5.62. The van der Waals surface area contributed by atoms with Gasteiger partial charge in [0, 0.05) is 12.0 Å². The second kappa shape index (κ2) is 5.17. The highest BCUT2D eigenvalue weighted by molar-refractivity contribution is 5.79. The number of nitrogens with one attached hydrogen (secondary N) is 1. The van der Waals surface area contributed by atoms with Gasteiger partial charge in [0.05, 0.1) is 0 Å². The van der Waals surface area contributed by atoms with E-state index >= 15 is 0 Å². The zero-order chi connectivity index (χ0) is 11.5. The first-order valence-electron chi connectivity index (χ1n) is 6.71. The average Bonchev–Trinajstić information content (AvgIpc) is 2.87. The van der Waals surface area contributed by atoms with Gasteiger partial charge in [0.25, 0.3) is 0 Å². The van der Waals surface area contributed by atoms with Crippen molar-refractivity contribution in [1.29, 1.82) is 0 Å². The van der Waals surface area contributed by atoms with Gasteiger partial charge >= 0.3 is 0 Å². The van der Waals surface area contributed by atoms with Gasteiger partial charge in [-0.05, 0) is 57.4 Å². The first-order valence-corrected chi connectivity index (χ1v) is 6.71. The Balaban J connectivity index is 1.75. The number of nitrogens with two attached hydrogens (primary N) is 1. The first kappa shape index (κ1) is 11.9. The van der Waals surface area contributed by atoms with Crippen LogP contribution >= 0.6 is 0 Å². The first-order chi connectivity index (χ1) is 7.70. The van der Waals surface area contributed by atoms with Crippen molar-refractivity contribution in [3.05, 3.63) is 0 Å². The van der Waals surface area contributed by atoms with Gasteiger partial charge in [-0.1, -0.05) is 6.42 Å². The number of carbonyl (C=O) groups excluding carboxylic acids is 1. The summed E-state index contributed by atoms with van der Waals surface area (Å²) in [6, 6.07) is 0.287. The van der Waals surface area contributed by atoms with Crippen LogP contribution in [0.25, 0.3) is 0 Å². The molecule has 3 nitrogen and oxygen atoms in total. The Morgan fingerprint density at radius 3 is 2.81 bits per heavy atom. The summed E-state index contributed by atoms with van der Waals surface area (Å²) >= 11 is 0. The minimum Gasteiger partial charge on any atom is -0.353 e. The lowest BCUT2D eigenvalue weighted by Gasteiger charge is -2.23. The summed E-state index contributed by atoms with van der Waals surface area (Å²) in [6.45, 7) is 2.80. The van der Waals surface area contributed by atoms with Gasteiger partial charge in [0.15, 0.2) is 0 Å². The van der Waals surface area contributed by atoms with Crippen LogP contribution in [0.4, 0.5) is 0 Å². The molecule has 2 aliphatic carbocycles. The highest BCUT2D eigenvalue weighted by atomic mass is 16.2. The summed E-state index contributed by atoms with van der Waals surface area (Å²) in [7, 11) is 0. The molecule has 0 aromatic rings. The van der Waals surface area contributed by atoms with Crippen LogP contribution in [0.3, 0.4) is 0 Å². The fourth-order valence-electron chi connectivity index (χ4n) is 3.41. The van der Waals surface area contributed by atoms with Gasteiger partial charge in [-0.3, -0.25) is 4.79 Å². The molecule has 0 aromatic heterocycles. The highest BCUT2D eigenvalue weighted by Gasteiger charge is 2.43. The van der Waals surface area contributed by atoms with Gasteiger partial charge in [-0.25, -0.2) is 0 Å². The Morgan fingerprint density at radius 2 is 2.25 bits per heavy atom. The van der Waals surface area contributed by atoms with Crippen LogP contribution in [0.1, 0.15) is 45.4 Å². The van der Waals surface area contributed by atoms with E-state index in [0.29, 0.717) is 24.3 Å². The molecule has 2 saturated carbocycles. The Labute approximate surface area is 98.2 Å². The molecule has 0 aromatic carbocycles. The maximum absolute atomic E-state index is 12.1. The molecule has 2 rings (SSSR count). The van der Waals surface area contributed by atoms with Crippen LogP contribution in [0.5, 0.6) is 0 Å². The molecule has 4 unspecified atom stereocenters. The molecule has 1 amide bonds. The molecule has 0 saturated heterocycles. The van der Waals surface area contributed by atoms with E-state index in [2.05, 4.69) is 12.2 Å². The van der Waals surface area contributed by atoms with Crippen molar-refractivity contribution in [1.82, 2.24) is 5.32 Å². The van der Waals surface area contributed by atoms with E-state index < -0.39 is 0 Å². The minimum atomic E-state index is 0.287. The molecular weight excluding hydrogens is 200 g/mol. The van der Waals surface area contributed by atoms with Crippen LogP contribution in [0, 0.1) is 17.8 Å². The van der Waals surface area contributed by atoms with Crippen LogP contribution in [0.2, 0.25) is 0 Å². The minimum absolute atomic E-state index is 0.287. The molecule has 16 heavy (non-hydrogen) atoms. The molecule has 2 fully saturated rings. The molecule has 3 N–H and O–H groups in total. The highest BCUT2D eigenvalue weighted by Crippen LogP contribution is 2.48. The van der Waals surface area contributed by atoms with E-state index in [1.54, 1.807) is 0 Å². The third kappa shape index (κ3) is 2.57. The van der Waals surface area contributed by atoms with E-state index in [4.69, 9.17) is 5.73 Å². The number of hydrogen-bond acceptors (Lipinski definition) is 2. The molecule has 4 atom stereocenters. The number of hydrogen-bond donors (Lipinski definition) is 2. The van der Waals surface area contributed by atoms with E-state index in [1.165, 1.54) is 19.3 Å². The van der Waals surface area contributed by atoms with Crippen LogP contribution in [0.15, 0.2) is 0 Å². The van der Waals surface area contributed by atoms with E-state index in [1.807, 2.05) is 0 Å². The van der Waals surface area contributed by atoms with Gasteiger partial charge in [-0.2, -0.15) is 0 Å². The Morgan fingerprint density at radius 1 is 1.44 bits per heavy atom. The monoisotopic (exact) mass is 224 g/mol. The summed E-state index contributed by atoms with van der Waals surface area (Å²) in [5, 5.41) is 3.15. The normalized spacial score (nSPS) is 34.0. The third-order valence-corrected chi connectivity index (χ3v) is 4.30. The lowest BCUT2D eigenvalue weighted by Crippen LogP contribution is -2.39. The number of amides is 1. The number of fused-ring (bicyclic) bond motifs is 2. The van der Waals surface area contributed by atoms with Crippen molar-refractivity contribution in [2.24, 2.45) is 23.5 Å². The topological polar surface area (TPSA) is 55.1 Å². The Kier molecular flexibility index (Phi) is 3.85. The van der Waals surface area contributed by atoms with Gasteiger partial charge < -0.3 is 11.1 Å². The molecular formula is C13H24N2O. The predicted octanol–water partition coefficient (Wildman–Crippen LogP) is 1.67. The molecule has 3 heteroatoms. The number of rotatable bonds is 5. The molecule has 0 heterocycles. The van der Waals surface area contributed by atoms with Gasteiger partial charge in [-0.15, -0.1) is 0 Å². The van der Waals surface area contributed by atoms with Crippen molar-refractivity contribution >= 4 is 5.91 Å². The van der Waals surface area contributed by atoms with Crippen LogP contribution in [-0.2, 0) is 4.79 Å². The van der Waals surface area contributed by atoms with Crippen molar-refractivity contribution in [2.45, 2.75) is 51.5 Å². The quantitative estimate of drug-likeness (QED) is 0.746. The zero-order valence-electron chi connectivity index (χ0n) is 10.2. The maximum atomic E-state index is 12.1.